The maximum Gasteiger partial charge on any atom is 0.270 e. The van der Waals surface area contributed by atoms with Crippen molar-refractivity contribution in [1.29, 1.82) is 0 Å². The Hall–Kier alpha value is -3.70. The minimum absolute atomic E-state index is 0.0689. The van der Waals surface area contributed by atoms with Crippen LogP contribution in [0.25, 0.3) is 0 Å². The van der Waals surface area contributed by atoms with E-state index in [1.807, 2.05) is 0 Å². The number of nitrogens with zero attached hydrogens (tertiary/aromatic N) is 3. The number of sulfonamides is 1. The molecular weight excluding hydrogens is 472 g/mol. The summed E-state index contributed by atoms with van der Waals surface area (Å²) in [5.74, 6) is 1.06. The molecule has 0 unspecified atom stereocenters. The van der Waals surface area contributed by atoms with Crippen molar-refractivity contribution in [3.8, 4) is 11.5 Å². The van der Waals surface area contributed by atoms with Crippen LogP contribution in [-0.4, -0.2) is 27.6 Å². The summed E-state index contributed by atoms with van der Waals surface area (Å²) in [5, 5.41) is 19.4. The first-order chi connectivity index (χ1) is 15.7. The minimum atomic E-state index is -4.27. The van der Waals surface area contributed by atoms with Crippen LogP contribution in [0.4, 0.5) is 17.1 Å². The number of halogens is 1. The van der Waals surface area contributed by atoms with Gasteiger partial charge in [0.1, 0.15) is 10.6 Å². The zero-order valence-corrected chi connectivity index (χ0v) is 19.1. The van der Waals surface area contributed by atoms with E-state index in [0.717, 1.165) is 17.7 Å². The molecule has 0 aliphatic heterocycles. The molecule has 0 amide bonds. The van der Waals surface area contributed by atoms with E-state index >= 15 is 0 Å². The van der Waals surface area contributed by atoms with Crippen molar-refractivity contribution < 1.29 is 22.8 Å². The molecule has 0 aromatic heterocycles. The Morgan fingerprint density at radius 1 is 1.03 bits per heavy atom. The van der Waals surface area contributed by atoms with Gasteiger partial charge in [-0.2, -0.15) is 10.2 Å². The van der Waals surface area contributed by atoms with E-state index < -0.39 is 25.5 Å². The highest BCUT2D eigenvalue weighted by atomic mass is 35.5. The highest BCUT2D eigenvalue weighted by molar-refractivity contribution is 7.92. The van der Waals surface area contributed by atoms with Crippen LogP contribution < -0.4 is 14.2 Å². The van der Waals surface area contributed by atoms with Crippen molar-refractivity contribution in [1.82, 2.24) is 0 Å². The highest BCUT2D eigenvalue weighted by Gasteiger charge is 2.23. The number of nitro benzene ring substituents is 1. The lowest BCUT2D eigenvalue weighted by Crippen LogP contribution is -2.13. The molecule has 1 N–H and O–H groups in total. The maximum atomic E-state index is 13.0. The number of non-ortho nitro benzene ring substituents is 1. The van der Waals surface area contributed by atoms with Gasteiger partial charge in [-0.25, -0.2) is 8.42 Å². The fraction of sp³-hybridized carbons (Fsp3) is 0.143. The lowest BCUT2D eigenvalue weighted by atomic mass is 10.2. The maximum absolute atomic E-state index is 13.0. The molecule has 0 heterocycles. The zero-order valence-electron chi connectivity index (χ0n) is 17.6. The van der Waals surface area contributed by atoms with Gasteiger partial charge in [0.25, 0.3) is 15.7 Å². The second-order valence-corrected chi connectivity index (χ2v) is 8.64. The smallest absolute Gasteiger partial charge is 0.270 e. The van der Waals surface area contributed by atoms with E-state index in [0.29, 0.717) is 11.5 Å². The molecule has 0 radical (unpaired) electrons. The number of rotatable bonds is 9. The monoisotopic (exact) mass is 490 g/mol. The van der Waals surface area contributed by atoms with Gasteiger partial charge in [0.2, 0.25) is 0 Å². The number of azo groups is 1. The van der Waals surface area contributed by atoms with Gasteiger partial charge in [0.15, 0.2) is 11.5 Å². The van der Waals surface area contributed by atoms with Crippen molar-refractivity contribution in [2.75, 3.05) is 18.9 Å². The average molecular weight is 491 g/mol. The van der Waals surface area contributed by atoms with Crippen LogP contribution in [0.5, 0.6) is 11.5 Å². The van der Waals surface area contributed by atoms with Crippen molar-refractivity contribution in [3.05, 3.63) is 81.4 Å². The Kier molecular flexibility index (Phi) is 7.46. The third kappa shape index (κ3) is 5.76. The zero-order chi connectivity index (χ0) is 24.0. The quantitative estimate of drug-likeness (QED) is 0.244. The highest BCUT2D eigenvalue weighted by Crippen LogP contribution is 2.32. The van der Waals surface area contributed by atoms with Crippen LogP contribution in [0, 0.1) is 10.1 Å². The number of hydrogen-bond donors (Lipinski definition) is 1. The number of hydrogen-bond acceptors (Lipinski definition) is 8. The van der Waals surface area contributed by atoms with Crippen molar-refractivity contribution in [2.45, 2.75) is 11.4 Å². The van der Waals surface area contributed by atoms with Crippen molar-refractivity contribution in [3.63, 3.8) is 0 Å². The summed E-state index contributed by atoms with van der Waals surface area (Å²) in [6.07, 6.45) is 0. The summed E-state index contributed by atoms with van der Waals surface area (Å²) in [6, 6.07) is 14.7. The third-order valence-electron chi connectivity index (χ3n) is 4.44. The van der Waals surface area contributed by atoms with Gasteiger partial charge in [-0.1, -0.05) is 29.8 Å². The number of benzene rings is 3. The summed E-state index contributed by atoms with van der Waals surface area (Å²) < 4.78 is 38.8. The Balaban J connectivity index is 1.94. The second kappa shape index (κ2) is 10.3. The molecule has 0 fully saturated rings. The summed E-state index contributed by atoms with van der Waals surface area (Å²) in [4.78, 5) is 10.1. The van der Waals surface area contributed by atoms with Crippen LogP contribution >= 0.6 is 11.6 Å². The predicted octanol–water partition coefficient (Wildman–Crippen LogP) is 5.35. The number of nitro groups is 1. The molecule has 0 saturated heterocycles. The molecule has 10 nitrogen and oxygen atoms in total. The largest absolute Gasteiger partial charge is 0.493 e. The molecule has 0 saturated carbocycles. The molecule has 0 bridgehead atoms. The lowest BCUT2D eigenvalue weighted by molar-refractivity contribution is -0.385. The number of ether oxygens (including phenoxy) is 2. The molecule has 0 atom stereocenters. The van der Waals surface area contributed by atoms with E-state index in [9.17, 15) is 18.5 Å². The molecule has 12 heteroatoms. The van der Waals surface area contributed by atoms with Crippen LogP contribution in [0.2, 0.25) is 5.02 Å². The first-order valence-electron chi connectivity index (χ1n) is 9.39. The number of anilines is 1. The molecule has 33 heavy (non-hydrogen) atoms. The van der Waals surface area contributed by atoms with Crippen LogP contribution in [-0.2, 0) is 16.6 Å². The minimum Gasteiger partial charge on any atom is -0.493 e. The van der Waals surface area contributed by atoms with Gasteiger partial charge in [0, 0.05) is 12.1 Å². The van der Waals surface area contributed by atoms with E-state index in [4.69, 9.17) is 21.1 Å². The average Bonchev–Trinajstić information content (AvgIpc) is 2.80. The Morgan fingerprint density at radius 3 is 2.42 bits per heavy atom. The molecule has 0 aliphatic rings. The number of methoxy groups -OCH3 is 2. The first kappa shape index (κ1) is 24.0. The molecular formula is C21H19ClN4O6S. The first-order valence-corrected chi connectivity index (χ1v) is 11.3. The summed E-state index contributed by atoms with van der Waals surface area (Å²) in [5.41, 5.74) is 0.379. The predicted molar refractivity (Wildman–Crippen MR) is 123 cm³/mol. The normalized spacial score (nSPS) is 11.4. The van der Waals surface area contributed by atoms with E-state index in [1.54, 1.807) is 30.3 Å². The van der Waals surface area contributed by atoms with Crippen LogP contribution in [0.15, 0.2) is 75.8 Å². The van der Waals surface area contributed by atoms with E-state index in [1.165, 1.54) is 32.4 Å². The number of nitrogens with one attached hydrogen (secondary N) is 1. The fourth-order valence-electron chi connectivity index (χ4n) is 2.83. The Labute approximate surface area is 195 Å². The van der Waals surface area contributed by atoms with Gasteiger partial charge in [-0.05, 0) is 35.9 Å². The Bertz CT molecular complexity index is 1310. The van der Waals surface area contributed by atoms with E-state index in [-0.39, 0.29) is 22.9 Å². The van der Waals surface area contributed by atoms with Crippen molar-refractivity contribution >= 4 is 38.7 Å². The molecule has 3 aromatic carbocycles. The van der Waals surface area contributed by atoms with Crippen molar-refractivity contribution in [2.24, 2.45) is 10.2 Å². The fourth-order valence-corrected chi connectivity index (χ4v) is 4.31. The lowest BCUT2D eigenvalue weighted by Gasteiger charge is -2.11. The molecule has 3 rings (SSSR count). The molecule has 3 aromatic rings. The van der Waals surface area contributed by atoms with Crippen LogP contribution in [0.1, 0.15) is 5.56 Å². The summed E-state index contributed by atoms with van der Waals surface area (Å²) >= 11 is 6.04. The van der Waals surface area contributed by atoms with Crippen LogP contribution in [0.3, 0.4) is 0 Å². The van der Waals surface area contributed by atoms with Gasteiger partial charge in [0.05, 0.1) is 36.4 Å². The number of para-hydroxylation sites is 1. The van der Waals surface area contributed by atoms with Gasteiger partial charge in [-0.15, -0.1) is 0 Å². The summed E-state index contributed by atoms with van der Waals surface area (Å²) in [6.45, 7) is 0.106. The third-order valence-corrected chi connectivity index (χ3v) is 6.17. The summed E-state index contributed by atoms with van der Waals surface area (Å²) in [7, 11) is -1.24. The van der Waals surface area contributed by atoms with Gasteiger partial charge >= 0.3 is 0 Å². The van der Waals surface area contributed by atoms with Gasteiger partial charge < -0.3 is 9.47 Å². The molecule has 172 valence electrons. The van der Waals surface area contributed by atoms with E-state index in [2.05, 4.69) is 15.0 Å². The SMILES string of the molecule is COc1ccc(CN=Nc2ccc([N+](=O)[O-])cc2S(=O)(=O)Nc2ccccc2Cl)cc1OC. The topological polar surface area (TPSA) is 132 Å². The second-order valence-electron chi connectivity index (χ2n) is 6.58. The Morgan fingerprint density at radius 2 is 1.76 bits per heavy atom. The standard InChI is InChI=1S/C21H19ClN4O6S/c1-31-19-10-7-14(11-20(19)32-2)13-23-24-18-9-8-15(26(27)28)12-21(18)33(29,30)25-17-6-4-3-5-16(17)22/h3-12,25H,13H2,1-2H3. The van der Waals surface area contributed by atoms with Gasteiger partial charge in [-0.3, -0.25) is 14.8 Å². The molecule has 0 aliphatic carbocycles. The molecule has 0 spiro atoms.